The summed E-state index contributed by atoms with van der Waals surface area (Å²) in [5, 5.41) is 3.00. The second-order valence-electron chi connectivity index (χ2n) is 9.19. The molecule has 3 N–H and O–H groups in total. The van der Waals surface area contributed by atoms with Crippen molar-refractivity contribution in [1.82, 2.24) is 24.8 Å². The maximum Gasteiger partial charge on any atom is 0.251 e. The average Bonchev–Trinajstić information content (AvgIpc) is 3.26. The number of nitrogen functional groups attached to an aromatic ring is 1. The summed E-state index contributed by atoms with van der Waals surface area (Å²) in [5.41, 5.74) is 13.2. The minimum Gasteiger partial charge on any atom is -0.383 e. The van der Waals surface area contributed by atoms with Crippen LogP contribution in [0.25, 0.3) is 28.2 Å². The van der Waals surface area contributed by atoms with E-state index in [4.69, 9.17) is 10.7 Å². The Labute approximate surface area is 210 Å². The van der Waals surface area contributed by atoms with Gasteiger partial charge in [0.25, 0.3) is 5.91 Å². The Kier molecular flexibility index (Phi) is 6.21. The fourth-order valence-electron chi connectivity index (χ4n) is 4.16. The fourth-order valence-corrected chi connectivity index (χ4v) is 4.16. The van der Waals surface area contributed by atoms with Gasteiger partial charge in [-0.15, -0.1) is 0 Å². The third-order valence-electron chi connectivity index (χ3n) is 6.20. The first-order chi connectivity index (χ1) is 17.4. The number of nitrogens with two attached hydrogens (primary N) is 1. The summed E-state index contributed by atoms with van der Waals surface area (Å²) in [6, 6.07) is 21.5. The molecule has 0 aliphatic rings. The van der Waals surface area contributed by atoms with Crippen molar-refractivity contribution >= 4 is 22.9 Å². The van der Waals surface area contributed by atoms with Crippen LogP contribution in [0.2, 0.25) is 0 Å². The average molecular weight is 477 g/mol. The van der Waals surface area contributed by atoms with E-state index in [1.54, 1.807) is 6.20 Å². The van der Waals surface area contributed by atoms with Crippen LogP contribution >= 0.6 is 0 Å². The lowest BCUT2D eigenvalue weighted by atomic mass is 10.0. The van der Waals surface area contributed by atoms with Gasteiger partial charge in [-0.3, -0.25) is 9.36 Å². The van der Waals surface area contributed by atoms with Crippen LogP contribution in [0.5, 0.6) is 0 Å². The summed E-state index contributed by atoms with van der Waals surface area (Å²) in [6.07, 6.45) is 3.49. The van der Waals surface area contributed by atoms with Gasteiger partial charge in [0.15, 0.2) is 11.5 Å². The number of benzene rings is 2. The number of rotatable bonds is 6. The quantitative estimate of drug-likeness (QED) is 0.341. The molecule has 0 bridgehead atoms. The molecule has 5 rings (SSSR count). The van der Waals surface area contributed by atoms with Crippen molar-refractivity contribution in [3.63, 3.8) is 0 Å². The molecular weight excluding hydrogens is 448 g/mol. The minimum atomic E-state index is -0.0936. The first-order valence-electron chi connectivity index (χ1n) is 11.9. The predicted molar refractivity (Wildman–Crippen MR) is 143 cm³/mol. The number of carbonyl (C=O) groups excluding carboxylic acids is 1. The molecule has 0 saturated heterocycles. The molecule has 0 saturated carbocycles. The Bertz CT molecular complexity index is 1540. The molecular formula is C29H28N6O. The number of aryl methyl sites for hydroxylation is 1. The van der Waals surface area contributed by atoms with Gasteiger partial charge in [0.05, 0.1) is 5.56 Å². The van der Waals surface area contributed by atoms with Crippen molar-refractivity contribution in [2.75, 3.05) is 5.73 Å². The Morgan fingerprint density at radius 3 is 2.47 bits per heavy atom. The molecule has 180 valence electrons. The highest BCUT2D eigenvalue weighted by Crippen LogP contribution is 2.30. The van der Waals surface area contributed by atoms with Gasteiger partial charge in [0, 0.05) is 30.2 Å². The monoisotopic (exact) mass is 476 g/mol. The standard InChI is InChI=1S/C29H28N6O/c1-18(2)21-8-10-22(11-9-21)29(36)33-17-20-6-12-23(13-7-20)35-27(24-5-4-14-31-26(24)30)34-25-15-19(3)16-32-28(25)35/h4-16,18H,17H2,1-3H3,(H2,30,31)(H,33,36). The number of fused-ring (bicyclic) bond motifs is 1. The molecule has 7 nitrogen and oxygen atoms in total. The lowest BCUT2D eigenvalue weighted by Gasteiger charge is -2.12. The first kappa shape index (κ1) is 23.2. The van der Waals surface area contributed by atoms with Gasteiger partial charge >= 0.3 is 0 Å². The second kappa shape index (κ2) is 9.62. The van der Waals surface area contributed by atoms with Crippen LogP contribution in [0.3, 0.4) is 0 Å². The van der Waals surface area contributed by atoms with Crippen molar-refractivity contribution in [2.45, 2.75) is 33.2 Å². The van der Waals surface area contributed by atoms with Gasteiger partial charge in [0.1, 0.15) is 11.3 Å². The number of anilines is 1. The fraction of sp³-hybridized carbons (Fsp3) is 0.172. The van der Waals surface area contributed by atoms with Crippen LogP contribution in [0.4, 0.5) is 5.82 Å². The predicted octanol–water partition coefficient (Wildman–Crippen LogP) is 5.43. The highest BCUT2D eigenvalue weighted by Gasteiger charge is 2.18. The summed E-state index contributed by atoms with van der Waals surface area (Å²) in [4.78, 5) is 26.3. The molecule has 36 heavy (non-hydrogen) atoms. The molecule has 0 fully saturated rings. The number of imidazole rings is 1. The Morgan fingerprint density at radius 2 is 1.78 bits per heavy atom. The van der Waals surface area contributed by atoms with E-state index < -0.39 is 0 Å². The van der Waals surface area contributed by atoms with E-state index in [2.05, 4.69) is 29.1 Å². The van der Waals surface area contributed by atoms with Crippen molar-refractivity contribution in [2.24, 2.45) is 0 Å². The summed E-state index contributed by atoms with van der Waals surface area (Å²) < 4.78 is 1.99. The minimum absolute atomic E-state index is 0.0936. The molecule has 0 spiro atoms. The SMILES string of the molecule is Cc1cnc2c(c1)nc(-c1cccnc1N)n2-c1ccc(CNC(=O)c2ccc(C(C)C)cc2)cc1. The highest BCUT2D eigenvalue weighted by molar-refractivity contribution is 5.94. The van der Waals surface area contributed by atoms with Crippen molar-refractivity contribution in [3.8, 4) is 17.1 Å². The number of carbonyl (C=O) groups is 1. The molecule has 5 aromatic rings. The number of hydrogen-bond donors (Lipinski definition) is 2. The van der Waals surface area contributed by atoms with E-state index >= 15 is 0 Å². The van der Waals surface area contributed by atoms with Crippen LogP contribution in [0, 0.1) is 6.92 Å². The van der Waals surface area contributed by atoms with Gasteiger partial charge in [-0.25, -0.2) is 15.0 Å². The number of nitrogens with zero attached hydrogens (tertiary/aromatic N) is 4. The van der Waals surface area contributed by atoms with Gasteiger partial charge in [0.2, 0.25) is 0 Å². The van der Waals surface area contributed by atoms with Gasteiger partial charge in [-0.2, -0.15) is 0 Å². The van der Waals surface area contributed by atoms with E-state index in [0.29, 0.717) is 29.7 Å². The number of hydrogen-bond acceptors (Lipinski definition) is 5. The molecule has 2 aromatic carbocycles. The summed E-state index contributed by atoms with van der Waals surface area (Å²) >= 11 is 0. The lowest BCUT2D eigenvalue weighted by molar-refractivity contribution is 0.0951. The van der Waals surface area contributed by atoms with Gasteiger partial charge < -0.3 is 11.1 Å². The van der Waals surface area contributed by atoms with Gasteiger partial charge in [-0.1, -0.05) is 38.1 Å². The van der Waals surface area contributed by atoms with Gasteiger partial charge in [-0.05, 0) is 72.0 Å². The molecule has 1 amide bonds. The maximum absolute atomic E-state index is 12.6. The Balaban J connectivity index is 1.41. The molecule has 0 unspecified atom stereocenters. The third kappa shape index (κ3) is 4.55. The van der Waals surface area contributed by atoms with E-state index in [-0.39, 0.29) is 5.91 Å². The number of pyridine rings is 2. The van der Waals surface area contributed by atoms with Crippen LogP contribution in [0.15, 0.2) is 79.1 Å². The van der Waals surface area contributed by atoms with Crippen LogP contribution < -0.4 is 11.1 Å². The molecule has 0 aliphatic carbocycles. The zero-order valence-electron chi connectivity index (χ0n) is 20.6. The van der Waals surface area contributed by atoms with Crippen molar-refractivity contribution < 1.29 is 4.79 Å². The van der Waals surface area contributed by atoms with Crippen LogP contribution in [-0.4, -0.2) is 25.4 Å². The zero-order valence-corrected chi connectivity index (χ0v) is 20.6. The number of amides is 1. The largest absolute Gasteiger partial charge is 0.383 e. The van der Waals surface area contributed by atoms with E-state index in [1.807, 2.05) is 84.4 Å². The summed E-state index contributed by atoms with van der Waals surface area (Å²) in [5.74, 6) is 1.43. The molecule has 3 aromatic heterocycles. The molecule has 0 aliphatic heterocycles. The molecule has 7 heteroatoms. The van der Waals surface area contributed by atoms with Crippen molar-refractivity contribution in [3.05, 3.63) is 101 Å². The van der Waals surface area contributed by atoms with E-state index in [0.717, 1.165) is 33.5 Å². The topological polar surface area (TPSA) is 98.7 Å². The molecule has 0 atom stereocenters. The summed E-state index contributed by atoms with van der Waals surface area (Å²) in [7, 11) is 0. The number of aromatic nitrogens is 4. The molecule has 3 heterocycles. The number of nitrogens with one attached hydrogen (secondary N) is 1. The van der Waals surface area contributed by atoms with Crippen LogP contribution in [-0.2, 0) is 6.54 Å². The Hall–Kier alpha value is -4.52. The lowest BCUT2D eigenvalue weighted by Crippen LogP contribution is -2.22. The first-order valence-corrected chi connectivity index (χ1v) is 11.9. The summed E-state index contributed by atoms with van der Waals surface area (Å²) in [6.45, 7) is 6.69. The molecule has 0 radical (unpaired) electrons. The van der Waals surface area contributed by atoms with E-state index in [9.17, 15) is 4.79 Å². The van der Waals surface area contributed by atoms with E-state index in [1.165, 1.54) is 5.56 Å². The normalized spacial score (nSPS) is 11.2. The smallest absolute Gasteiger partial charge is 0.251 e. The maximum atomic E-state index is 12.6. The second-order valence-corrected chi connectivity index (χ2v) is 9.19. The highest BCUT2D eigenvalue weighted by atomic mass is 16.1. The van der Waals surface area contributed by atoms with Crippen molar-refractivity contribution in [1.29, 1.82) is 0 Å². The Morgan fingerprint density at radius 1 is 1.03 bits per heavy atom. The third-order valence-corrected chi connectivity index (χ3v) is 6.20. The van der Waals surface area contributed by atoms with Crippen LogP contribution in [0.1, 0.15) is 46.8 Å². The zero-order chi connectivity index (χ0) is 25.2.